The van der Waals surface area contributed by atoms with E-state index in [1.807, 2.05) is 0 Å². The molecular weight excluding hydrogens is 381 g/mol. The van der Waals surface area contributed by atoms with E-state index in [-0.39, 0.29) is 17.5 Å². The number of pyridine rings is 1. The highest BCUT2D eigenvalue weighted by atomic mass is 19.4. The number of urea groups is 1. The second-order valence-corrected chi connectivity index (χ2v) is 6.80. The van der Waals surface area contributed by atoms with Gasteiger partial charge in [-0.05, 0) is 37.8 Å². The molecule has 152 valence electrons. The van der Waals surface area contributed by atoms with Crippen LogP contribution in [0, 0.1) is 0 Å². The number of aromatic nitrogens is 1. The van der Waals surface area contributed by atoms with Crippen LogP contribution < -0.4 is 15.8 Å². The van der Waals surface area contributed by atoms with Gasteiger partial charge in [-0.15, -0.1) is 0 Å². The van der Waals surface area contributed by atoms with Crippen LogP contribution in [0.15, 0.2) is 18.3 Å². The van der Waals surface area contributed by atoms with Crippen LogP contribution in [-0.2, 0) is 4.79 Å². The Balaban J connectivity index is 1.59. The third-order valence-corrected chi connectivity index (χ3v) is 4.81. The summed E-state index contributed by atoms with van der Waals surface area (Å²) in [5.41, 5.74) is 5.43. The van der Waals surface area contributed by atoms with Gasteiger partial charge in [-0.1, -0.05) is 0 Å². The molecule has 1 aromatic rings. The minimum absolute atomic E-state index is 0.110. The quantitative estimate of drug-likeness (QED) is 0.731. The molecule has 0 aromatic carbocycles. The summed E-state index contributed by atoms with van der Waals surface area (Å²) in [6.07, 6.45) is -3.14. The number of rotatable bonds is 5. The second-order valence-electron chi connectivity index (χ2n) is 6.80. The summed E-state index contributed by atoms with van der Waals surface area (Å²) < 4.78 is 43.4. The normalized spacial score (nSPS) is 25.5. The summed E-state index contributed by atoms with van der Waals surface area (Å²) in [7, 11) is 0. The lowest BCUT2D eigenvalue weighted by atomic mass is 9.91. The number of nitrogens with one attached hydrogen (secondary N) is 1. The monoisotopic (exact) mass is 400 g/mol. The number of hydrogen-bond acceptors (Lipinski definition) is 5. The fourth-order valence-corrected chi connectivity index (χ4v) is 3.52. The van der Waals surface area contributed by atoms with Gasteiger partial charge in [-0.2, -0.15) is 13.2 Å². The fourth-order valence-electron chi connectivity index (χ4n) is 3.52. The van der Waals surface area contributed by atoms with E-state index < -0.39 is 42.5 Å². The Morgan fingerprint density at radius 1 is 1.29 bits per heavy atom. The standard InChI is InChI=1S/C17H19F3N4O4/c18-17(19,20)8-12-15(26)24(16(27)23-12)9-3-5-10(6-4-9)28-14-11(13(21)25)2-1-7-22-14/h1-2,7,9-10,12H,3-6,8H2,(H2,21,25)(H,23,27)/t9?,10?,12-/m0/s1. The molecule has 2 fully saturated rings. The van der Waals surface area contributed by atoms with E-state index in [9.17, 15) is 27.6 Å². The molecule has 0 bridgehead atoms. The van der Waals surface area contributed by atoms with Crippen molar-refractivity contribution in [3.8, 4) is 5.88 Å². The van der Waals surface area contributed by atoms with Crippen molar-refractivity contribution < 1.29 is 32.3 Å². The van der Waals surface area contributed by atoms with E-state index >= 15 is 0 Å². The van der Waals surface area contributed by atoms with E-state index in [4.69, 9.17) is 10.5 Å². The lowest BCUT2D eigenvalue weighted by Gasteiger charge is -2.33. The van der Waals surface area contributed by atoms with Gasteiger partial charge in [0.25, 0.3) is 11.8 Å². The van der Waals surface area contributed by atoms with Crippen LogP contribution >= 0.6 is 0 Å². The first-order chi connectivity index (χ1) is 13.2. The second kappa shape index (κ2) is 7.64. The lowest BCUT2D eigenvalue weighted by Crippen LogP contribution is -2.44. The maximum atomic E-state index is 12.5. The number of nitrogens with two attached hydrogens (primary N) is 1. The van der Waals surface area contributed by atoms with Crippen LogP contribution in [0.25, 0.3) is 0 Å². The Hall–Kier alpha value is -2.85. The molecule has 3 N–H and O–H groups in total. The van der Waals surface area contributed by atoms with Crippen LogP contribution in [0.3, 0.4) is 0 Å². The van der Waals surface area contributed by atoms with E-state index in [0.717, 1.165) is 4.90 Å². The largest absolute Gasteiger partial charge is 0.474 e. The number of nitrogens with zero attached hydrogens (tertiary/aromatic N) is 2. The van der Waals surface area contributed by atoms with Crippen molar-refractivity contribution in [1.82, 2.24) is 15.2 Å². The number of halogens is 3. The van der Waals surface area contributed by atoms with Crippen molar-refractivity contribution in [2.24, 2.45) is 5.73 Å². The molecular formula is C17H19F3N4O4. The first-order valence-corrected chi connectivity index (χ1v) is 8.77. The first kappa shape index (κ1) is 19.9. The number of imide groups is 1. The molecule has 3 rings (SSSR count). The summed E-state index contributed by atoms with van der Waals surface area (Å²) in [6.45, 7) is 0. The van der Waals surface area contributed by atoms with E-state index in [2.05, 4.69) is 10.3 Å². The smallest absolute Gasteiger partial charge is 0.391 e. The minimum Gasteiger partial charge on any atom is -0.474 e. The predicted octanol–water partition coefficient (Wildman–Crippen LogP) is 1.74. The third-order valence-electron chi connectivity index (χ3n) is 4.81. The van der Waals surface area contributed by atoms with Crippen LogP contribution in [0.2, 0.25) is 0 Å². The predicted molar refractivity (Wildman–Crippen MR) is 89.3 cm³/mol. The number of primary amides is 1. The van der Waals surface area contributed by atoms with Gasteiger partial charge in [0.05, 0.1) is 6.42 Å². The summed E-state index contributed by atoms with van der Waals surface area (Å²) in [4.78, 5) is 40.6. The van der Waals surface area contributed by atoms with Gasteiger partial charge in [-0.3, -0.25) is 14.5 Å². The molecule has 1 saturated carbocycles. The number of hydrogen-bond donors (Lipinski definition) is 2. The van der Waals surface area contributed by atoms with E-state index in [0.29, 0.717) is 25.7 Å². The number of carbonyl (C=O) groups is 3. The van der Waals surface area contributed by atoms with E-state index in [1.165, 1.54) is 12.3 Å². The zero-order valence-corrected chi connectivity index (χ0v) is 14.7. The fraction of sp³-hybridized carbons (Fsp3) is 0.529. The Morgan fingerprint density at radius 3 is 2.57 bits per heavy atom. The third kappa shape index (κ3) is 4.34. The molecule has 8 nitrogen and oxygen atoms in total. The molecule has 0 spiro atoms. The Morgan fingerprint density at radius 2 is 1.96 bits per heavy atom. The summed E-state index contributed by atoms with van der Waals surface area (Å²) in [6, 6.07) is 0.172. The molecule has 1 saturated heterocycles. The molecule has 28 heavy (non-hydrogen) atoms. The van der Waals surface area contributed by atoms with Gasteiger partial charge in [0, 0.05) is 12.2 Å². The van der Waals surface area contributed by atoms with Crippen molar-refractivity contribution in [1.29, 1.82) is 0 Å². The number of alkyl halides is 3. The molecule has 1 aromatic heterocycles. The average molecular weight is 400 g/mol. The maximum Gasteiger partial charge on any atom is 0.391 e. The Bertz CT molecular complexity index is 778. The average Bonchev–Trinajstić information content (AvgIpc) is 2.88. The maximum absolute atomic E-state index is 12.5. The highest BCUT2D eigenvalue weighted by molar-refractivity contribution is 6.04. The minimum atomic E-state index is -4.55. The molecule has 4 amide bonds. The van der Waals surface area contributed by atoms with Crippen LogP contribution in [0.1, 0.15) is 42.5 Å². The van der Waals surface area contributed by atoms with Crippen molar-refractivity contribution in [3.63, 3.8) is 0 Å². The molecule has 2 aliphatic rings. The Kier molecular flexibility index (Phi) is 5.43. The van der Waals surface area contributed by atoms with Crippen molar-refractivity contribution in [2.75, 3.05) is 0 Å². The Labute approximate surface area is 158 Å². The van der Waals surface area contributed by atoms with Crippen molar-refractivity contribution in [2.45, 2.75) is 56.5 Å². The van der Waals surface area contributed by atoms with Gasteiger partial charge >= 0.3 is 12.2 Å². The number of amides is 4. The van der Waals surface area contributed by atoms with Gasteiger partial charge in [0.15, 0.2) is 0 Å². The van der Waals surface area contributed by atoms with Gasteiger partial charge in [-0.25, -0.2) is 9.78 Å². The van der Waals surface area contributed by atoms with Gasteiger partial charge < -0.3 is 15.8 Å². The molecule has 1 aliphatic carbocycles. The van der Waals surface area contributed by atoms with Crippen LogP contribution in [0.4, 0.5) is 18.0 Å². The molecule has 0 unspecified atom stereocenters. The highest BCUT2D eigenvalue weighted by Crippen LogP contribution is 2.31. The van der Waals surface area contributed by atoms with Gasteiger partial charge in [0.1, 0.15) is 17.7 Å². The zero-order valence-electron chi connectivity index (χ0n) is 14.7. The summed E-state index contributed by atoms with van der Waals surface area (Å²) in [5.74, 6) is -1.42. The molecule has 1 atom stereocenters. The molecule has 1 aliphatic heterocycles. The summed E-state index contributed by atoms with van der Waals surface area (Å²) in [5, 5.41) is 2.10. The molecule has 11 heteroatoms. The van der Waals surface area contributed by atoms with Crippen LogP contribution in [0.5, 0.6) is 5.88 Å². The van der Waals surface area contributed by atoms with E-state index in [1.54, 1.807) is 6.07 Å². The molecule has 2 heterocycles. The zero-order chi connectivity index (χ0) is 20.5. The van der Waals surface area contributed by atoms with Crippen molar-refractivity contribution in [3.05, 3.63) is 23.9 Å². The number of carbonyl (C=O) groups excluding carboxylic acids is 3. The summed E-state index contributed by atoms with van der Waals surface area (Å²) >= 11 is 0. The molecule has 0 radical (unpaired) electrons. The lowest BCUT2D eigenvalue weighted by molar-refractivity contribution is -0.150. The van der Waals surface area contributed by atoms with Crippen LogP contribution in [-0.4, -0.2) is 52.1 Å². The first-order valence-electron chi connectivity index (χ1n) is 8.77. The SMILES string of the molecule is NC(=O)c1cccnc1OC1CCC(N2C(=O)N[C@@H](CC(F)(F)F)C2=O)CC1. The van der Waals surface area contributed by atoms with Gasteiger partial charge in [0.2, 0.25) is 5.88 Å². The number of ether oxygens (including phenoxy) is 1. The topological polar surface area (TPSA) is 115 Å². The van der Waals surface area contributed by atoms with Crippen molar-refractivity contribution >= 4 is 17.8 Å². The highest BCUT2D eigenvalue weighted by Gasteiger charge is 2.47.